The number of nitrogens with one attached hydrogen (secondary N) is 2. The first-order chi connectivity index (χ1) is 12.5. The largest absolute Gasteiger partial charge is 0.483 e. The first-order valence-corrected chi connectivity index (χ1v) is 9.02. The molecule has 0 aliphatic carbocycles. The Bertz CT molecular complexity index is 801. The third-order valence-electron chi connectivity index (χ3n) is 3.59. The Morgan fingerprint density at radius 1 is 1.12 bits per heavy atom. The van der Waals surface area contributed by atoms with Crippen molar-refractivity contribution in [3.05, 3.63) is 69.7 Å². The molecule has 0 bridgehead atoms. The maximum Gasteiger partial charge on any atom is 0.276 e. The lowest BCUT2D eigenvalue weighted by Crippen LogP contribution is -2.43. The summed E-state index contributed by atoms with van der Waals surface area (Å²) in [5, 5.41) is 0. The fourth-order valence-electron chi connectivity index (χ4n) is 2.08. The second-order valence-electron chi connectivity index (χ2n) is 5.69. The average Bonchev–Trinajstić information content (AvgIpc) is 2.64. The van der Waals surface area contributed by atoms with Crippen molar-refractivity contribution in [3.63, 3.8) is 0 Å². The van der Waals surface area contributed by atoms with Crippen LogP contribution in [0.4, 0.5) is 0 Å². The number of carbonyl (C=O) groups is 2. The summed E-state index contributed by atoms with van der Waals surface area (Å²) in [7, 11) is 0. The van der Waals surface area contributed by atoms with Crippen LogP contribution in [0.1, 0.15) is 23.6 Å². The van der Waals surface area contributed by atoms with E-state index in [1.165, 1.54) is 11.6 Å². The molecule has 2 rings (SSSR count). The van der Waals surface area contributed by atoms with Crippen LogP contribution in [0.3, 0.4) is 0 Å². The van der Waals surface area contributed by atoms with Crippen LogP contribution in [0.15, 0.2) is 53.0 Å². The van der Waals surface area contributed by atoms with Gasteiger partial charge in [-0.25, -0.2) is 0 Å². The molecule has 2 aromatic rings. The molecule has 0 aromatic heterocycles. The van der Waals surface area contributed by atoms with Crippen molar-refractivity contribution in [1.29, 1.82) is 0 Å². The molecule has 0 atom stereocenters. The third-order valence-corrected chi connectivity index (χ3v) is 4.21. The van der Waals surface area contributed by atoms with Gasteiger partial charge < -0.3 is 4.74 Å². The fraction of sp³-hybridized carbons (Fsp3) is 0.200. The van der Waals surface area contributed by atoms with Crippen LogP contribution >= 0.6 is 15.9 Å². The van der Waals surface area contributed by atoms with Gasteiger partial charge in [0.05, 0.1) is 4.47 Å². The lowest BCUT2D eigenvalue weighted by molar-refractivity contribution is -0.128. The van der Waals surface area contributed by atoms with Crippen molar-refractivity contribution in [2.75, 3.05) is 6.61 Å². The summed E-state index contributed by atoms with van der Waals surface area (Å²) in [6, 6.07) is 13.4. The molecule has 2 amide bonds. The molecule has 0 heterocycles. The normalized spacial score (nSPS) is 10.6. The summed E-state index contributed by atoms with van der Waals surface area (Å²) in [5.41, 5.74) is 7.85. The van der Waals surface area contributed by atoms with E-state index in [4.69, 9.17) is 4.74 Å². The van der Waals surface area contributed by atoms with E-state index in [1.54, 1.807) is 12.1 Å². The quantitative estimate of drug-likeness (QED) is 0.558. The van der Waals surface area contributed by atoms with Gasteiger partial charge in [-0.2, -0.15) is 0 Å². The standard InChI is InChI=1S/C20H21BrN2O3/c1-3-15-8-10-18(17(21)12-15)26-13-20(25)23-22-19(24)11-9-16-6-4-14(2)5-7-16/h4-12H,3,13H2,1-2H3,(H,22,24)(H,23,25)/b11-9+. The molecule has 0 spiro atoms. The predicted octanol–water partition coefficient (Wildman–Crippen LogP) is 3.56. The molecule has 0 fully saturated rings. The van der Waals surface area contributed by atoms with E-state index in [0.717, 1.165) is 22.0 Å². The Hall–Kier alpha value is -2.60. The highest BCUT2D eigenvalue weighted by molar-refractivity contribution is 9.10. The number of hydrazine groups is 1. The predicted molar refractivity (Wildman–Crippen MR) is 106 cm³/mol. The van der Waals surface area contributed by atoms with Crippen LogP contribution in [0.5, 0.6) is 5.75 Å². The molecular weight excluding hydrogens is 396 g/mol. The maximum absolute atomic E-state index is 11.8. The van der Waals surface area contributed by atoms with Gasteiger partial charge in [0.2, 0.25) is 0 Å². The Morgan fingerprint density at radius 2 is 1.85 bits per heavy atom. The van der Waals surface area contributed by atoms with Gasteiger partial charge in [0, 0.05) is 6.08 Å². The van der Waals surface area contributed by atoms with E-state index >= 15 is 0 Å². The first-order valence-electron chi connectivity index (χ1n) is 8.22. The number of rotatable bonds is 6. The van der Waals surface area contributed by atoms with Crippen molar-refractivity contribution in [2.24, 2.45) is 0 Å². The lowest BCUT2D eigenvalue weighted by atomic mass is 10.1. The number of halogens is 1. The van der Waals surface area contributed by atoms with Gasteiger partial charge in [-0.1, -0.05) is 42.8 Å². The van der Waals surface area contributed by atoms with Gasteiger partial charge in [0.1, 0.15) is 5.75 Å². The van der Waals surface area contributed by atoms with Crippen molar-refractivity contribution < 1.29 is 14.3 Å². The Morgan fingerprint density at radius 3 is 2.50 bits per heavy atom. The summed E-state index contributed by atoms with van der Waals surface area (Å²) in [6.07, 6.45) is 3.94. The molecule has 26 heavy (non-hydrogen) atoms. The summed E-state index contributed by atoms with van der Waals surface area (Å²) in [6.45, 7) is 3.85. The first kappa shape index (κ1) is 19.7. The second kappa shape index (κ2) is 9.77. The van der Waals surface area contributed by atoms with Crippen molar-refractivity contribution in [1.82, 2.24) is 10.9 Å². The lowest BCUT2D eigenvalue weighted by Gasteiger charge is -2.10. The van der Waals surface area contributed by atoms with Gasteiger partial charge in [0.15, 0.2) is 6.61 Å². The number of ether oxygens (including phenoxy) is 1. The van der Waals surface area contributed by atoms with E-state index in [9.17, 15) is 9.59 Å². The maximum atomic E-state index is 11.8. The molecule has 6 heteroatoms. The van der Waals surface area contributed by atoms with Crippen LogP contribution in [0, 0.1) is 6.92 Å². The van der Waals surface area contributed by atoms with Crippen LogP contribution in [-0.2, 0) is 16.0 Å². The number of amides is 2. The summed E-state index contributed by atoms with van der Waals surface area (Å²) in [4.78, 5) is 23.5. The van der Waals surface area contributed by atoms with Gasteiger partial charge in [-0.3, -0.25) is 20.4 Å². The van der Waals surface area contributed by atoms with E-state index in [1.807, 2.05) is 43.3 Å². The molecule has 0 aliphatic heterocycles. The summed E-state index contributed by atoms with van der Waals surface area (Å²) >= 11 is 3.41. The zero-order valence-corrected chi connectivity index (χ0v) is 16.3. The number of carbonyl (C=O) groups excluding carboxylic acids is 2. The van der Waals surface area contributed by atoms with Crippen LogP contribution in [0.25, 0.3) is 6.08 Å². The van der Waals surface area contributed by atoms with Crippen molar-refractivity contribution in [3.8, 4) is 5.75 Å². The highest BCUT2D eigenvalue weighted by atomic mass is 79.9. The fourth-order valence-corrected chi connectivity index (χ4v) is 2.62. The van der Waals surface area contributed by atoms with Gasteiger partial charge in [0.25, 0.3) is 11.8 Å². The highest BCUT2D eigenvalue weighted by Gasteiger charge is 2.07. The molecule has 0 saturated carbocycles. The average molecular weight is 417 g/mol. The third kappa shape index (κ3) is 6.37. The topological polar surface area (TPSA) is 67.4 Å². The van der Waals surface area contributed by atoms with Crippen LogP contribution in [0.2, 0.25) is 0 Å². The molecular formula is C20H21BrN2O3. The zero-order valence-electron chi connectivity index (χ0n) is 14.7. The SMILES string of the molecule is CCc1ccc(OCC(=O)NNC(=O)/C=C/c2ccc(C)cc2)c(Br)c1. The molecule has 0 saturated heterocycles. The monoisotopic (exact) mass is 416 g/mol. The molecule has 5 nitrogen and oxygen atoms in total. The second-order valence-corrected chi connectivity index (χ2v) is 6.54. The molecule has 136 valence electrons. The Kier molecular flexibility index (Phi) is 7.41. The minimum absolute atomic E-state index is 0.202. The van der Waals surface area contributed by atoms with E-state index in [0.29, 0.717) is 5.75 Å². The Balaban J connectivity index is 1.76. The Labute approximate surface area is 161 Å². The number of benzene rings is 2. The zero-order chi connectivity index (χ0) is 18.9. The number of hydrogen-bond acceptors (Lipinski definition) is 3. The number of hydrogen-bond donors (Lipinski definition) is 2. The van der Waals surface area contributed by atoms with E-state index in [-0.39, 0.29) is 6.61 Å². The van der Waals surface area contributed by atoms with Crippen molar-refractivity contribution >= 4 is 33.8 Å². The molecule has 0 aliphatic rings. The smallest absolute Gasteiger partial charge is 0.276 e. The highest BCUT2D eigenvalue weighted by Crippen LogP contribution is 2.26. The van der Waals surface area contributed by atoms with Gasteiger partial charge >= 0.3 is 0 Å². The molecule has 2 aromatic carbocycles. The van der Waals surface area contributed by atoms with Crippen LogP contribution in [-0.4, -0.2) is 18.4 Å². The summed E-state index contributed by atoms with van der Waals surface area (Å²) in [5.74, 6) is -0.302. The van der Waals surface area contributed by atoms with Crippen LogP contribution < -0.4 is 15.6 Å². The minimum Gasteiger partial charge on any atom is -0.483 e. The molecule has 2 N–H and O–H groups in total. The minimum atomic E-state index is -0.450. The van der Waals surface area contributed by atoms with E-state index in [2.05, 4.69) is 33.7 Å². The number of aryl methyl sites for hydroxylation is 2. The molecule has 0 radical (unpaired) electrons. The van der Waals surface area contributed by atoms with Gasteiger partial charge in [-0.15, -0.1) is 0 Å². The molecule has 0 unspecified atom stereocenters. The van der Waals surface area contributed by atoms with Crippen molar-refractivity contribution in [2.45, 2.75) is 20.3 Å². The van der Waals surface area contributed by atoms with E-state index < -0.39 is 11.8 Å². The van der Waals surface area contributed by atoms with Gasteiger partial charge in [-0.05, 0) is 58.6 Å². The summed E-state index contributed by atoms with van der Waals surface area (Å²) < 4.78 is 6.23.